The summed E-state index contributed by atoms with van der Waals surface area (Å²) in [6.07, 6.45) is 0. The summed E-state index contributed by atoms with van der Waals surface area (Å²) in [5.41, 5.74) is 10.6. The summed E-state index contributed by atoms with van der Waals surface area (Å²) in [6.45, 7) is 1.86. The largest absolute Gasteiger partial charge is 0.497 e. The number of nitrogens with one attached hydrogen (secondary N) is 1. The molecule has 0 fully saturated rings. The van der Waals surface area contributed by atoms with E-state index in [1.807, 2.05) is 12.1 Å². The van der Waals surface area contributed by atoms with Gasteiger partial charge in [0.25, 0.3) is 5.91 Å². The van der Waals surface area contributed by atoms with E-state index in [1.54, 1.807) is 44.4 Å². The molecule has 0 unspecified atom stereocenters. The van der Waals surface area contributed by atoms with E-state index >= 15 is 0 Å². The standard InChI is InChI=1S/C21H18N8O5/c1-11(12-3-6-14(31-2)7-4-12)23-25-21(30)17-18(13-5-8-15-16(9-13)33-10-32-15)29(28-24-17)20-19(22)26-34-27-20/h3-9H,10H2,1-2H3,(H2,22,26)(H,25,30)/b23-11+. The highest BCUT2D eigenvalue weighted by Gasteiger charge is 2.27. The van der Waals surface area contributed by atoms with Gasteiger partial charge in [-0.15, -0.1) is 5.10 Å². The maximum Gasteiger partial charge on any atom is 0.294 e. The molecule has 0 atom stereocenters. The number of nitrogens with two attached hydrogens (primary N) is 1. The lowest BCUT2D eigenvalue weighted by Gasteiger charge is -2.07. The number of anilines is 1. The Morgan fingerprint density at radius 3 is 2.68 bits per heavy atom. The van der Waals surface area contributed by atoms with Gasteiger partial charge in [0.05, 0.1) is 12.8 Å². The van der Waals surface area contributed by atoms with E-state index in [1.165, 1.54) is 4.68 Å². The number of benzene rings is 2. The Hall–Kier alpha value is -4.94. The van der Waals surface area contributed by atoms with Crippen LogP contribution in [0.2, 0.25) is 0 Å². The van der Waals surface area contributed by atoms with Crippen molar-refractivity contribution >= 4 is 17.4 Å². The Bertz CT molecular complexity index is 1390. The minimum Gasteiger partial charge on any atom is -0.497 e. The third-order valence-corrected chi connectivity index (χ3v) is 5.06. The van der Waals surface area contributed by atoms with Crippen LogP contribution in [0.5, 0.6) is 17.2 Å². The number of amides is 1. The van der Waals surface area contributed by atoms with Crippen molar-refractivity contribution in [1.29, 1.82) is 0 Å². The number of fused-ring (bicyclic) bond motifs is 1. The van der Waals surface area contributed by atoms with E-state index in [9.17, 15) is 4.79 Å². The average Bonchev–Trinajstić information content (AvgIpc) is 3.60. The van der Waals surface area contributed by atoms with Gasteiger partial charge in [0.15, 0.2) is 17.2 Å². The maximum absolute atomic E-state index is 13.1. The first-order valence-electron chi connectivity index (χ1n) is 9.98. The number of rotatable bonds is 6. The summed E-state index contributed by atoms with van der Waals surface area (Å²) >= 11 is 0. The summed E-state index contributed by atoms with van der Waals surface area (Å²) in [5, 5.41) is 19.6. The molecule has 1 aliphatic rings. The fourth-order valence-electron chi connectivity index (χ4n) is 3.31. The third kappa shape index (κ3) is 3.74. The predicted molar refractivity (Wildman–Crippen MR) is 118 cm³/mol. The predicted octanol–water partition coefficient (Wildman–Crippen LogP) is 1.79. The lowest BCUT2D eigenvalue weighted by Crippen LogP contribution is -2.21. The number of carbonyl (C=O) groups is 1. The van der Waals surface area contributed by atoms with Gasteiger partial charge in [0.1, 0.15) is 11.4 Å². The summed E-state index contributed by atoms with van der Waals surface area (Å²) in [6, 6.07) is 12.4. The highest BCUT2D eigenvalue weighted by molar-refractivity contribution is 6.02. The van der Waals surface area contributed by atoms with Crippen LogP contribution in [0.1, 0.15) is 23.0 Å². The number of nitrogens with zero attached hydrogens (tertiary/aromatic N) is 6. The van der Waals surface area contributed by atoms with Crippen molar-refractivity contribution in [3.8, 4) is 34.3 Å². The van der Waals surface area contributed by atoms with E-state index < -0.39 is 5.91 Å². The van der Waals surface area contributed by atoms with E-state index in [0.29, 0.717) is 28.5 Å². The molecule has 3 heterocycles. The topological polar surface area (TPSA) is 165 Å². The van der Waals surface area contributed by atoms with Crippen LogP contribution in [0.3, 0.4) is 0 Å². The first kappa shape index (κ1) is 20.9. The number of carbonyl (C=O) groups excluding carboxylic acids is 1. The molecule has 172 valence electrons. The van der Waals surface area contributed by atoms with Crippen molar-refractivity contribution in [2.45, 2.75) is 6.92 Å². The number of ether oxygens (including phenoxy) is 3. The molecule has 1 amide bonds. The zero-order valence-corrected chi connectivity index (χ0v) is 18.1. The monoisotopic (exact) mass is 462 g/mol. The fourth-order valence-corrected chi connectivity index (χ4v) is 3.31. The van der Waals surface area contributed by atoms with Gasteiger partial charge in [-0.05, 0) is 65.3 Å². The molecule has 0 aliphatic carbocycles. The third-order valence-electron chi connectivity index (χ3n) is 5.06. The Labute approximate surface area is 192 Å². The zero-order chi connectivity index (χ0) is 23.7. The summed E-state index contributed by atoms with van der Waals surface area (Å²) in [4.78, 5) is 13.1. The second kappa shape index (κ2) is 8.54. The number of hydrogen-bond acceptors (Lipinski definition) is 11. The van der Waals surface area contributed by atoms with Crippen molar-refractivity contribution < 1.29 is 23.6 Å². The minimum atomic E-state index is -0.596. The quantitative estimate of drug-likeness (QED) is 0.319. The zero-order valence-electron chi connectivity index (χ0n) is 18.1. The van der Waals surface area contributed by atoms with Crippen LogP contribution >= 0.6 is 0 Å². The molecule has 0 bridgehead atoms. The Morgan fingerprint density at radius 2 is 1.94 bits per heavy atom. The Balaban J connectivity index is 1.50. The smallest absolute Gasteiger partial charge is 0.294 e. The molecule has 1 aliphatic heterocycles. The van der Waals surface area contributed by atoms with Crippen LogP contribution < -0.4 is 25.4 Å². The van der Waals surface area contributed by atoms with Crippen molar-refractivity contribution in [3.63, 3.8) is 0 Å². The normalized spacial score (nSPS) is 12.6. The van der Waals surface area contributed by atoms with Crippen molar-refractivity contribution in [3.05, 3.63) is 53.7 Å². The number of aromatic nitrogens is 5. The van der Waals surface area contributed by atoms with Crippen molar-refractivity contribution in [2.24, 2.45) is 5.10 Å². The molecule has 2 aromatic carbocycles. The molecule has 3 N–H and O–H groups in total. The second-order valence-corrected chi connectivity index (χ2v) is 7.11. The van der Waals surface area contributed by atoms with Gasteiger partial charge in [0, 0.05) is 5.56 Å². The van der Waals surface area contributed by atoms with Crippen molar-refractivity contribution in [1.82, 2.24) is 30.7 Å². The lowest BCUT2D eigenvalue weighted by molar-refractivity contribution is 0.0950. The SMILES string of the molecule is COc1ccc(/C(C)=N/NC(=O)c2nnn(-c3nonc3N)c2-c2ccc3c(c2)OCO3)cc1. The second-order valence-electron chi connectivity index (χ2n) is 7.11. The van der Waals surface area contributed by atoms with Crippen LogP contribution in [0.15, 0.2) is 52.2 Å². The van der Waals surface area contributed by atoms with Gasteiger partial charge < -0.3 is 19.9 Å². The van der Waals surface area contributed by atoms with E-state index in [0.717, 1.165) is 5.56 Å². The lowest BCUT2D eigenvalue weighted by atomic mass is 10.1. The van der Waals surface area contributed by atoms with Crippen LogP contribution in [0.25, 0.3) is 17.1 Å². The maximum atomic E-state index is 13.1. The Kier molecular flexibility index (Phi) is 5.26. The minimum absolute atomic E-state index is 0.0208. The highest BCUT2D eigenvalue weighted by atomic mass is 16.7. The molecule has 0 saturated carbocycles. The first-order valence-corrected chi connectivity index (χ1v) is 9.98. The number of nitrogen functional groups attached to an aromatic ring is 1. The van der Waals surface area contributed by atoms with Gasteiger partial charge in [0.2, 0.25) is 18.4 Å². The summed E-state index contributed by atoms with van der Waals surface area (Å²) in [7, 11) is 1.59. The van der Waals surface area contributed by atoms with E-state index in [-0.39, 0.29) is 29.8 Å². The first-order chi connectivity index (χ1) is 16.5. The fraction of sp³-hybridized carbons (Fsp3) is 0.143. The molecular weight excluding hydrogens is 444 g/mol. The molecule has 4 aromatic rings. The van der Waals surface area contributed by atoms with Crippen molar-refractivity contribution in [2.75, 3.05) is 19.6 Å². The molecular formula is C21H18N8O5. The van der Waals surface area contributed by atoms with Crippen LogP contribution in [0.4, 0.5) is 5.82 Å². The molecule has 0 spiro atoms. The van der Waals surface area contributed by atoms with Gasteiger partial charge in [-0.25, -0.2) is 10.1 Å². The number of hydrogen-bond donors (Lipinski definition) is 2. The molecule has 2 aromatic heterocycles. The van der Waals surface area contributed by atoms with E-state index in [2.05, 4.69) is 35.8 Å². The Morgan fingerprint density at radius 1 is 1.15 bits per heavy atom. The highest BCUT2D eigenvalue weighted by Crippen LogP contribution is 2.37. The molecule has 13 heteroatoms. The molecule has 13 nitrogen and oxygen atoms in total. The molecule has 0 saturated heterocycles. The molecule has 34 heavy (non-hydrogen) atoms. The van der Waals surface area contributed by atoms with Gasteiger partial charge >= 0.3 is 0 Å². The van der Waals surface area contributed by atoms with Crippen LogP contribution in [0, 0.1) is 0 Å². The number of methoxy groups -OCH3 is 1. The van der Waals surface area contributed by atoms with Crippen LogP contribution in [-0.2, 0) is 0 Å². The molecule has 5 rings (SSSR count). The van der Waals surface area contributed by atoms with E-state index in [4.69, 9.17) is 19.9 Å². The van der Waals surface area contributed by atoms with Gasteiger partial charge in [-0.3, -0.25) is 4.79 Å². The summed E-state index contributed by atoms with van der Waals surface area (Å²) in [5.74, 6) is 1.27. The average molecular weight is 462 g/mol. The van der Waals surface area contributed by atoms with Gasteiger partial charge in [-0.1, -0.05) is 5.21 Å². The van der Waals surface area contributed by atoms with Crippen LogP contribution in [-0.4, -0.2) is 50.8 Å². The molecule has 0 radical (unpaired) electrons. The number of hydrazone groups is 1. The van der Waals surface area contributed by atoms with Gasteiger partial charge in [-0.2, -0.15) is 9.78 Å². The summed E-state index contributed by atoms with van der Waals surface area (Å²) < 4.78 is 21.9.